The molecule has 0 aliphatic carbocycles. The van der Waals surface area contributed by atoms with Crippen molar-refractivity contribution in [3.63, 3.8) is 0 Å². The van der Waals surface area contributed by atoms with Crippen molar-refractivity contribution in [2.45, 2.75) is 27.3 Å². The highest BCUT2D eigenvalue weighted by Crippen LogP contribution is 2.23. The Labute approximate surface area is 110 Å². The quantitative estimate of drug-likeness (QED) is 0.705. The number of quaternary nitrogens is 1. The van der Waals surface area contributed by atoms with E-state index in [1.54, 1.807) is 0 Å². The van der Waals surface area contributed by atoms with Gasteiger partial charge in [0.1, 0.15) is 6.54 Å². The minimum absolute atomic E-state index is 0. The van der Waals surface area contributed by atoms with Gasteiger partial charge < -0.3 is 26.0 Å². The van der Waals surface area contributed by atoms with E-state index in [1.165, 1.54) is 0 Å². The van der Waals surface area contributed by atoms with E-state index in [0.717, 1.165) is 40.0 Å². The van der Waals surface area contributed by atoms with Crippen molar-refractivity contribution in [1.82, 2.24) is 5.16 Å². The van der Waals surface area contributed by atoms with Gasteiger partial charge in [-0.05, 0) is 36.7 Å². The van der Waals surface area contributed by atoms with Crippen LogP contribution in [0.2, 0.25) is 0 Å². The Balaban J connectivity index is 0.00000196. The Morgan fingerprint density at radius 3 is 2.20 bits per heavy atom. The standard InChI is InChI=1S/C10H18BrN2O.BrH/c1-5-13(4,6-2)7-9-10(11)8(3)12-14-9;/h5-7H2,1-4H3;1H/q+1;/p-1. The molecular weight excluding hydrogens is 324 g/mol. The number of hydrogen-bond acceptors (Lipinski definition) is 2. The fourth-order valence-electron chi connectivity index (χ4n) is 1.30. The predicted octanol–water partition coefficient (Wildman–Crippen LogP) is -0.264. The average molecular weight is 342 g/mol. The third-order valence-electron chi connectivity index (χ3n) is 2.91. The van der Waals surface area contributed by atoms with Gasteiger partial charge in [-0.25, -0.2) is 0 Å². The monoisotopic (exact) mass is 340 g/mol. The van der Waals surface area contributed by atoms with Crippen LogP contribution in [0.15, 0.2) is 9.00 Å². The van der Waals surface area contributed by atoms with E-state index < -0.39 is 0 Å². The Bertz CT molecular complexity index is 308. The second-order valence-corrected chi connectivity index (χ2v) is 4.71. The van der Waals surface area contributed by atoms with Crippen LogP contribution in [0.25, 0.3) is 0 Å². The molecule has 0 saturated heterocycles. The number of aromatic nitrogens is 1. The zero-order valence-corrected chi connectivity index (χ0v) is 12.9. The summed E-state index contributed by atoms with van der Waals surface area (Å²) >= 11 is 3.49. The molecule has 1 aromatic heterocycles. The molecule has 0 radical (unpaired) electrons. The number of nitrogens with zero attached hydrogens (tertiary/aromatic N) is 2. The molecule has 0 amide bonds. The molecule has 1 heterocycles. The fourth-order valence-corrected chi connectivity index (χ4v) is 1.57. The highest BCUT2D eigenvalue weighted by atomic mass is 79.9. The topological polar surface area (TPSA) is 26.0 Å². The summed E-state index contributed by atoms with van der Waals surface area (Å²) in [5.74, 6) is 0.953. The molecule has 3 nitrogen and oxygen atoms in total. The first-order valence-corrected chi connectivity index (χ1v) is 5.76. The number of halogens is 2. The van der Waals surface area contributed by atoms with Gasteiger partial charge in [-0.15, -0.1) is 0 Å². The van der Waals surface area contributed by atoms with E-state index in [4.69, 9.17) is 4.52 Å². The molecule has 0 bridgehead atoms. The second kappa shape index (κ2) is 6.01. The molecule has 5 heteroatoms. The number of rotatable bonds is 4. The highest BCUT2D eigenvalue weighted by Gasteiger charge is 2.22. The molecule has 0 saturated carbocycles. The lowest BCUT2D eigenvalue weighted by molar-refractivity contribution is -0.920. The zero-order valence-electron chi connectivity index (χ0n) is 9.68. The van der Waals surface area contributed by atoms with Crippen LogP contribution in [0.3, 0.4) is 0 Å². The third kappa shape index (κ3) is 3.57. The molecule has 0 aliphatic rings. The molecule has 0 atom stereocenters. The van der Waals surface area contributed by atoms with Crippen LogP contribution in [0, 0.1) is 6.92 Å². The van der Waals surface area contributed by atoms with Crippen molar-refractivity contribution < 1.29 is 26.0 Å². The minimum atomic E-state index is 0. The number of aryl methyl sites for hydroxylation is 1. The van der Waals surface area contributed by atoms with Gasteiger partial charge in [0.2, 0.25) is 5.76 Å². The number of hydrogen-bond donors (Lipinski definition) is 0. The van der Waals surface area contributed by atoms with Crippen LogP contribution in [0.1, 0.15) is 25.3 Å². The summed E-state index contributed by atoms with van der Waals surface area (Å²) in [7, 11) is 2.23. The van der Waals surface area contributed by atoms with Crippen molar-refractivity contribution in [2.75, 3.05) is 20.1 Å². The Morgan fingerprint density at radius 2 is 1.87 bits per heavy atom. The SMILES string of the molecule is CC[N+](C)(CC)Cc1onc(C)c1Br.[Br-]. The average Bonchev–Trinajstić information content (AvgIpc) is 2.49. The zero-order chi connectivity index (χ0) is 10.8. The van der Waals surface area contributed by atoms with Crippen LogP contribution in [-0.2, 0) is 6.54 Å². The molecule has 0 fully saturated rings. The fraction of sp³-hybridized carbons (Fsp3) is 0.700. The van der Waals surface area contributed by atoms with Crippen LogP contribution in [-0.4, -0.2) is 29.8 Å². The molecule has 88 valence electrons. The molecule has 0 N–H and O–H groups in total. The Hall–Kier alpha value is 0.130. The van der Waals surface area contributed by atoms with E-state index >= 15 is 0 Å². The minimum Gasteiger partial charge on any atom is -1.00 e. The summed E-state index contributed by atoms with van der Waals surface area (Å²) < 4.78 is 7.28. The van der Waals surface area contributed by atoms with Gasteiger partial charge in [0.05, 0.1) is 30.3 Å². The Kier molecular flexibility index (Phi) is 6.06. The normalized spacial score (nSPS) is 11.3. The van der Waals surface area contributed by atoms with Gasteiger partial charge in [0.25, 0.3) is 0 Å². The van der Waals surface area contributed by atoms with Crippen LogP contribution in [0.4, 0.5) is 0 Å². The summed E-state index contributed by atoms with van der Waals surface area (Å²) in [4.78, 5) is 0. The van der Waals surface area contributed by atoms with E-state index in [1.807, 2.05) is 6.92 Å². The van der Waals surface area contributed by atoms with Gasteiger partial charge in [0, 0.05) is 0 Å². The molecule has 0 aromatic carbocycles. The van der Waals surface area contributed by atoms with Crippen LogP contribution < -0.4 is 17.0 Å². The van der Waals surface area contributed by atoms with Crippen molar-refractivity contribution in [3.05, 3.63) is 15.9 Å². The second-order valence-electron chi connectivity index (χ2n) is 3.92. The maximum absolute atomic E-state index is 5.28. The first-order valence-electron chi connectivity index (χ1n) is 4.96. The van der Waals surface area contributed by atoms with Crippen molar-refractivity contribution >= 4 is 15.9 Å². The molecule has 0 aliphatic heterocycles. The van der Waals surface area contributed by atoms with Gasteiger partial charge >= 0.3 is 0 Å². The maximum Gasteiger partial charge on any atom is 0.205 e. The summed E-state index contributed by atoms with van der Waals surface area (Å²) in [5.41, 5.74) is 0.929. The highest BCUT2D eigenvalue weighted by molar-refractivity contribution is 9.10. The summed E-state index contributed by atoms with van der Waals surface area (Å²) in [5, 5.41) is 3.94. The van der Waals surface area contributed by atoms with E-state index in [0.29, 0.717) is 0 Å². The van der Waals surface area contributed by atoms with Crippen molar-refractivity contribution in [1.29, 1.82) is 0 Å². The first kappa shape index (κ1) is 15.1. The van der Waals surface area contributed by atoms with Crippen LogP contribution >= 0.6 is 15.9 Å². The maximum atomic E-state index is 5.28. The summed E-state index contributed by atoms with van der Waals surface area (Å²) in [6.45, 7) is 9.43. The smallest absolute Gasteiger partial charge is 0.205 e. The molecule has 1 rings (SSSR count). The lowest BCUT2D eigenvalue weighted by Crippen LogP contribution is -3.00. The molecule has 1 aromatic rings. The van der Waals surface area contributed by atoms with Crippen molar-refractivity contribution in [3.8, 4) is 0 Å². The first-order chi connectivity index (χ1) is 6.52. The Morgan fingerprint density at radius 1 is 1.33 bits per heavy atom. The van der Waals surface area contributed by atoms with Gasteiger partial charge in [-0.1, -0.05) is 5.16 Å². The molecule has 15 heavy (non-hydrogen) atoms. The van der Waals surface area contributed by atoms with Crippen molar-refractivity contribution in [2.24, 2.45) is 0 Å². The lowest BCUT2D eigenvalue weighted by atomic mass is 10.3. The van der Waals surface area contributed by atoms with Gasteiger partial charge in [-0.2, -0.15) is 0 Å². The molecular formula is C10H18Br2N2O. The lowest BCUT2D eigenvalue weighted by Gasteiger charge is -2.30. The van der Waals surface area contributed by atoms with E-state index in [2.05, 4.69) is 42.0 Å². The van der Waals surface area contributed by atoms with E-state index in [-0.39, 0.29) is 17.0 Å². The summed E-state index contributed by atoms with van der Waals surface area (Å²) in [6.07, 6.45) is 0. The van der Waals surface area contributed by atoms with Gasteiger partial charge in [0.15, 0.2) is 0 Å². The molecule has 0 spiro atoms. The predicted molar refractivity (Wildman–Crippen MR) is 59.9 cm³/mol. The third-order valence-corrected chi connectivity index (χ3v) is 3.92. The summed E-state index contributed by atoms with van der Waals surface area (Å²) in [6, 6.07) is 0. The largest absolute Gasteiger partial charge is 1.00 e. The van der Waals surface area contributed by atoms with Gasteiger partial charge in [-0.3, -0.25) is 0 Å². The van der Waals surface area contributed by atoms with Crippen LogP contribution in [0.5, 0.6) is 0 Å². The van der Waals surface area contributed by atoms with E-state index in [9.17, 15) is 0 Å². The molecule has 0 unspecified atom stereocenters.